The van der Waals surface area contributed by atoms with Gasteiger partial charge in [0.1, 0.15) is 11.4 Å². The summed E-state index contributed by atoms with van der Waals surface area (Å²) in [7, 11) is 0. The van der Waals surface area contributed by atoms with Crippen molar-refractivity contribution < 1.29 is 9.21 Å². The van der Waals surface area contributed by atoms with E-state index in [9.17, 15) is 9.59 Å². The molecule has 0 saturated carbocycles. The van der Waals surface area contributed by atoms with Crippen LogP contribution in [0.5, 0.6) is 0 Å². The molecule has 1 saturated heterocycles. The third kappa shape index (κ3) is 4.47. The summed E-state index contributed by atoms with van der Waals surface area (Å²) in [5.74, 6) is 1.13. The lowest BCUT2D eigenvalue weighted by molar-refractivity contribution is 0.0714. The van der Waals surface area contributed by atoms with Crippen LogP contribution in [0.15, 0.2) is 69.9 Å². The highest BCUT2D eigenvalue weighted by Crippen LogP contribution is 2.21. The molecule has 1 N–H and O–H groups in total. The Morgan fingerprint density at radius 3 is 2.44 bits per heavy atom. The Morgan fingerprint density at radius 2 is 1.68 bits per heavy atom. The molecule has 0 atom stereocenters. The number of hydrogen-bond donors (Lipinski definition) is 1. The van der Waals surface area contributed by atoms with Crippen molar-refractivity contribution in [3.8, 4) is 0 Å². The molecule has 0 bridgehead atoms. The first-order chi connectivity index (χ1) is 16.5. The Bertz CT molecular complexity index is 1410. The summed E-state index contributed by atoms with van der Waals surface area (Å²) in [6.07, 6.45) is 0. The largest absolute Gasteiger partial charge is 0.451 e. The van der Waals surface area contributed by atoms with Crippen molar-refractivity contribution in [2.75, 3.05) is 36.4 Å². The molecular weight excluding hydrogens is 430 g/mol. The molecule has 172 valence electrons. The summed E-state index contributed by atoms with van der Waals surface area (Å²) < 4.78 is 5.73. The molecule has 1 aliphatic heterocycles. The Kier molecular flexibility index (Phi) is 5.71. The summed E-state index contributed by atoms with van der Waals surface area (Å²) in [5.41, 5.74) is 3.21. The molecule has 8 heteroatoms. The van der Waals surface area contributed by atoms with Gasteiger partial charge in [-0.3, -0.25) is 9.59 Å². The number of anilines is 3. The number of rotatable bonds is 4. The molecule has 4 aromatic rings. The number of fused-ring (bicyclic) bond motifs is 1. The van der Waals surface area contributed by atoms with Crippen molar-refractivity contribution in [3.05, 3.63) is 87.9 Å². The number of nitrogens with one attached hydrogen (secondary N) is 1. The molecule has 2 aromatic heterocycles. The molecule has 34 heavy (non-hydrogen) atoms. The van der Waals surface area contributed by atoms with E-state index in [2.05, 4.69) is 27.1 Å². The van der Waals surface area contributed by atoms with Crippen molar-refractivity contribution in [2.45, 2.75) is 13.8 Å². The van der Waals surface area contributed by atoms with E-state index in [1.54, 1.807) is 29.2 Å². The topological polar surface area (TPSA) is 91.6 Å². The normalized spacial score (nSPS) is 13.8. The Labute approximate surface area is 196 Å². The Balaban J connectivity index is 1.29. The number of carbonyl (C=O) groups is 1. The number of nitrogens with zero attached hydrogens (tertiary/aromatic N) is 4. The van der Waals surface area contributed by atoms with Gasteiger partial charge in [0.2, 0.25) is 5.95 Å². The zero-order valence-electron chi connectivity index (χ0n) is 19.1. The maximum atomic E-state index is 13.0. The van der Waals surface area contributed by atoms with E-state index in [-0.39, 0.29) is 17.1 Å². The van der Waals surface area contributed by atoms with Crippen molar-refractivity contribution in [2.24, 2.45) is 0 Å². The molecule has 8 nitrogen and oxygen atoms in total. The second-order valence-electron chi connectivity index (χ2n) is 8.44. The molecule has 1 amide bonds. The van der Waals surface area contributed by atoms with Crippen LogP contribution >= 0.6 is 0 Å². The van der Waals surface area contributed by atoms with E-state index >= 15 is 0 Å². The lowest BCUT2D eigenvalue weighted by Gasteiger charge is -2.34. The molecular formula is C26H25N5O3. The van der Waals surface area contributed by atoms with Crippen LogP contribution in [-0.4, -0.2) is 47.0 Å². The van der Waals surface area contributed by atoms with Crippen molar-refractivity contribution in [1.82, 2.24) is 14.9 Å². The van der Waals surface area contributed by atoms with Gasteiger partial charge in [0.25, 0.3) is 5.91 Å². The fraction of sp³-hybridized carbons (Fsp3) is 0.231. The summed E-state index contributed by atoms with van der Waals surface area (Å²) >= 11 is 0. The van der Waals surface area contributed by atoms with Crippen LogP contribution in [0.4, 0.5) is 17.5 Å². The average molecular weight is 456 g/mol. The molecule has 0 unspecified atom stereocenters. The fourth-order valence-electron chi connectivity index (χ4n) is 4.02. The Hall–Kier alpha value is -4.20. The smallest absolute Gasteiger partial charge is 0.289 e. The molecule has 0 radical (unpaired) electrons. The highest BCUT2D eigenvalue weighted by atomic mass is 16.3. The fourth-order valence-corrected chi connectivity index (χ4v) is 4.02. The Morgan fingerprint density at radius 1 is 0.941 bits per heavy atom. The maximum Gasteiger partial charge on any atom is 0.289 e. The minimum Gasteiger partial charge on any atom is -0.451 e. The zero-order chi connectivity index (χ0) is 23.7. The first-order valence-corrected chi connectivity index (χ1v) is 11.2. The highest BCUT2D eigenvalue weighted by molar-refractivity contribution is 5.93. The van der Waals surface area contributed by atoms with Crippen LogP contribution in [0.25, 0.3) is 11.0 Å². The molecule has 3 heterocycles. The number of aromatic nitrogens is 2. The van der Waals surface area contributed by atoms with Gasteiger partial charge in [-0.15, -0.1) is 0 Å². The third-order valence-corrected chi connectivity index (χ3v) is 5.86. The minimum atomic E-state index is -0.283. The maximum absolute atomic E-state index is 13.0. The lowest BCUT2D eigenvalue weighted by atomic mass is 10.2. The summed E-state index contributed by atoms with van der Waals surface area (Å²) in [5, 5.41) is 3.80. The number of hydrogen-bond acceptors (Lipinski definition) is 7. The van der Waals surface area contributed by atoms with E-state index < -0.39 is 0 Å². The quantitative estimate of drug-likeness (QED) is 0.499. The van der Waals surface area contributed by atoms with Gasteiger partial charge in [-0.1, -0.05) is 29.8 Å². The number of aryl methyl sites for hydroxylation is 2. The van der Waals surface area contributed by atoms with Gasteiger partial charge in [0, 0.05) is 49.7 Å². The SMILES string of the molecule is Cc1ccc(Nc2cc(C)nc(N3CCN(C(=O)c4cc(=O)c5ccccc5o4)CC3)n2)cc1. The number of para-hydroxylation sites is 1. The standard InChI is InChI=1S/C26H25N5O3/c1-17-7-9-19(10-8-17)28-24-15-18(2)27-26(29-24)31-13-11-30(12-14-31)25(33)23-16-21(32)20-5-3-4-6-22(20)34-23/h3-10,15-16H,11-14H2,1-2H3,(H,27,28,29). The van der Waals surface area contributed by atoms with Gasteiger partial charge in [-0.2, -0.15) is 4.98 Å². The molecule has 1 fully saturated rings. The van der Waals surface area contributed by atoms with E-state index in [1.807, 2.05) is 37.3 Å². The lowest BCUT2D eigenvalue weighted by Crippen LogP contribution is -2.49. The van der Waals surface area contributed by atoms with Crippen LogP contribution < -0.4 is 15.6 Å². The molecule has 5 rings (SSSR count). The number of benzene rings is 2. The number of carbonyl (C=O) groups excluding carboxylic acids is 1. The van der Waals surface area contributed by atoms with Gasteiger partial charge >= 0.3 is 0 Å². The van der Waals surface area contributed by atoms with Crippen LogP contribution in [0, 0.1) is 13.8 Å². The molecule has 2 aromatic carbocycles. The van der Waals surface area contributed by atoms with Gasteiger partial charge in [0.15, 0.2) is 11.2 Å². The number of amides is 1. The first kappa shape index (κ1) is 21.6. The second-order valence-corrected chi connectivity index (χ2v) is 8.44. The van der Waals surface area contributed by atoms with E-state index in [1.165, 1.54) is 11.6 Å². The van der Waals surface area contributed by atoms with Gasteiger partial charge < -0.3 is 19.5 Å². The van der Waals surface area contributed by atoms with Crippen LogP contribution in [0.1, 0.15) is 21.8 Å². The van der Waals surface area contributed by atoms with Crippen LogP contribution in [0.2, 0.25) is 0 Å². The summed E-state index contributed by atoms with van der Waals surface area (Å²) in [6, 6.07) is 18.3. The van der Waals surface area contributed by atoms with E-state index in [4.69, 9.17) is 4.42 Å². The van der Waals surface area contributed by atoms with Gasteiger partial charge in [-0.05, 0) is 38.1 Å². The van der Waals surface area contributed by atoms with Crippen molar-refractivity contribution >= 4 is 34.3 Å². The monoisotopic (exact) mass is 455 g/mol. The molecule has 0 spiro atoms. The van der Waals surface area contributed by atoms with Gasteiger partial charge in [0.05, 0.1) is 5.39 Å². The number of piperazine rings is 1. The molecule has 1 aliphatic rings. The highest BCUT2D eigenvalue weighted by Gasteiger charge is 2.26. The summed E-state index contributed by atoms with van der Waals surface area (Å²) in [6.45, 7) is 6.11. The second kappa shape index (κ2) is 8.97. The third-order valence-electron chi connectivity index (χ3n) is 5.86. The molecule has 0 aliphatic carbocycles. The zero-order valence-corrected chi connectivity index (χ0v) is 19.1. The van der Waals surface area contributed by atoms with Crippen LogP contribution in [0.3, 0.4) is 0 Å². The first-order valence-electron chi connectivity index (χ1n) is 11.2. The predicted molar refractivity (Wildman–Crippen MR) is 132 cm³/mol. The van der Waals surface area contributed by atoms with Crippen molar-refractivity contribution in [1.29, 1.82) is 0 Å². The van der Waals surface area contributed by atoms with Crippen molar-refractivity contribution in [3.63, 3.8) is 0 Å². The minimum absolute atomic E-state index is 0.0635. The van der Waals surface area contributed by atoms with E-state index in [0.29, 0.717) is 43.1 Å². The van der Waals surface area contributed by atoms with E-state index in [0.717, 1.165) is 17.2 Å². The predicted octanol–water partition coefficient (Wildman–Crippen LogP) is 3.91. The van der Waals surface area contributed by atoms with Crippen LogP contribution in [-0.2, 0) is 0 Å². The van der Waals surface area contributed by atoms with Gasteiger partial charge in [-0.25, -0.2) is 4.98 Å². The summed E-state index contributed by atoms with van der Waals surface area (Å²) in [4.78, 5) is 38.4. The average Bonchev–Trinajstić information content (AvgIpc) is 2.85.